The lowest BCUT2D eigenvalue weighted by Crippen LogP contribution is -2.35. The molecule has 0 N–H and O–H groups in total. The smallest absolute Gasteiger partial charge is 0.410 e. The third kappa shape index (κ3) is 10.0. The quantitative estimate of drug-likeness (QED) is 0.0555. The fourth-order valence-electron chi connectivity index (χ4n) is 6.77. The molecule has 55 heavy (non-hydrogen) atoms. The predicted octanol–water partition coefficient (Wildman–Crippen LogP) is 10.2. The Balaban J connectivity index is 1.59. The molecule has 12 heteroatoms. The highest BCUT2D eigenvalue weighted by Gasteiger charge is 2.29. The lowest BCUT2D eigenvalue weighted by atomic mass is 9.98. The van der Waals surface area contributed by atoms with Crippen molar-refractivity contribution in [1.82, 2.24) is 19.2 Å². The Morgan fingerprint density at radius 1 is 0.964 bits per heavy atom. The van der Waals surface area contributed by atoms with E-state index in [1.165, 1.54) is 0 Å². The average Bonchev–Trinajstić information content (AvgIpc) is 3.64. The monoisotopic (exact) mass is 834 g/mol. The molecule has 2 heterocycles. The number of hydrogen-bond donors (Lipinski definition) is 0. The van der Waals surface area contributed by atoms with Gasteiger partial charge >= 0.3 is 12.1 Å². The Hall–Kier alpha value is -4.48. The first kappa shape index (κ1) is 41.7. The van der Waals surface area contributed by atoms with Crippen LogP contribution in [0.3, 0.4) is 0 Å². The molecule has 2 aromatic heterocycles. The number of carbonyl (C=O) groups excluding carboxylic acids is 2. The number of esters is 1. The van der Waals surface area contributed by atoms with Crippen LogP contribution in [0.5, 0.6) is 11.5 Å². The van der Waals surface area contributed by atoms with Crippen LogP contribution in [0.25, 0.3) is 22.0 Å². The highest BCUT2D eigenvalue weighted by Crippen LogP contribution is 2.39. The second kappa shape index (κ2) is 18.4. The molecule has 0 atom stereocenters. The molecule has 5 rings (SSSR count). The van der Waals surface area contributed by atoms with E-state index in [0.717, 1.165) is 66.6 Å². The minimum Gasteiger partial charge on any atom is -0.494 e. The van der Waals surface area contributed by atoms with Crippen LogP contribution in [0.15, 0.2) is 60.7 Å². The van der Waals surface area contributed by atoms with Crippen LogP contribution in [0.2, 0.25) is 5.02 Å². The highest BCUT2D eigenvalue weighted by molar-refractivity contribution is 9.08. The summed E-state index contributed by atoms with van der Waals surface area (Å²) in [7, 11) is 3.66. The van der Waals surface area contributed by atoms with Gasteiger partial charge in [0, 0.05) is 54.1 Å². The van der Waals surface area contributed by atoms with Gasteiger partial charge in [0.25, 0.3) is 0 Å². The Bertz CT molecular complexity index is 2100. The second-order valence-electron chi connectivity index (χ2n) is 14.6. The molecule has 0 radical (unpaired) electrons. The number of halogens is 2. The van der Waals surface area contributed by atoms with Crippen LogP contribution in [-0.2, 0) is 41.4 Å². The standard InChI is InChI=1S/C43H52BrClN4O6/c1-9-52-41(50)40-33(20-14-23-53-31-24-28(2)38(45)29(3)25-31)32-18-13-19-34(39(32)49(40)22-15-21-47(7)42(51)55-43(4,5)6)37-35(46-48(8)36(37)26-44)27-54-30-16-11-10-12-17-30/h10-13,16-19,24-25H,9,14-15,20-23,26-27H2,1-8H3. The van der Waals surface area contributed by atoms with E-state index in [1.54, 1.807) is 11.9 Å². The molecule has 0 aliphatic rings. The summed E-state index contributed by atoms with van der Waals surface area (Å²) < 4.78 is 27.7. The van der Waals surface area contributed by atoms with Crippen LogP contribution >= 0.6 is 27.5 Å². The van der Waals surface area contributed by atoms with E-state index >= 15 is 0 Å². The SMILES string of the molecule is CCOC(=O)c1c(CCCOc2cc(C)c(Cl)c(C)c2)c2cccc(-c3c(COc4ccccc4)nn(C)c3CBr)c2n1CCCN(C)C(=O)OC(C)(C)C. The van der Waals surface area contributed by atoms with Gasteiger partial charge in [-0.05, 0) is 102 Å². The maximum absolute atomic E-state index is 14.1. The first-order valence-corrected chi connectivity index (χ1v) is 20.2. The maximum Gasteiger partial charge on any atom is 0.410 e. The van der Waals surface area contributed by atoms with Crippen LogP contribution in [0, 0.1) is 13.8 Å². The number of alkyl halides is 1. The number of hydrogen-bond acceptors (Lipinski definition) is 7. The lowest BCUT2D eigenvalue weighted by Gasteiger charge is -2.24. The first-order chi connectivity index (χ1) is 26.2. The summed E-state index contributed by atoms with van der Waals surface area (Å²) in [6.45, 7) is 13.1. The number of para-hydroxylation sites is 2. The number of amides is 1. The molecule has 3 aromatic carbocycles. The molecule has 0 aliphatic heterocycles. The Kier molecular flexibility index (Phi) is 14.0. The number of carbonyl (C=O) groups is 2. The molecule has 0 bridgehead atoms. The first-order valence-electron chi connectivity index (χ1n) is 18.7. The number of ether oxygens (including phenoxy) is 4. The maximum atomic E-state index is 14.1. The third-order valence-corrected chi connectivity index (χ3v) is 10.4. The van der Waals surface area contributed by atoms with Crippen molar-refractivity contribution in [2.24, 2.45) is 7.05 Å². The summed E-state index contributed by atoms with van der Waals surface area (Å²) >= 11 is 10.1. The molecular weight excluding hydrogens is 784 g/mol. The van der Waals surface area contributed by atoms with Gasteiger partial charge in [-0.2, -0.15) is 5.10 Å². The summed E-state index contributed by atoms with van der Waals surface area (Å²) in [5, 5.41) is 7.15. The minimum atomic E-state index is -0.615. The highest BCUT2D eigenvalue weighted by atomic mass is 79.9. The van der Waals surface area contributed by atoms with Gasteiger partial charge in [-0.3, -0.25) is 4.68 Å². The van der Waals surface area contributed by atoms with Crippen LogP contribution < -0.4 is 9.47 Å². The Morgan fingerprint density at radius 2 is 1.67 bits per heavy atom. The molecule has 0 aliphatic carbocycles. The molecule has 1 amide bonds. The van der Waals surface area contributed by atoms with Gasteiger partial charge in [0.1, 0.15) is 35.1 Å². The number of fused-ring (bicyclic) bond motifs is 1. The van der Waals surface area contributed by atoms with Crippen molar-refractivity contribution in [1.29, 1.82) is 0 Å². The molecule has 5 aromatic rings. The fraction of sp³-hybridized carbons (Fsp3) is 0.419. The van der Waals surface area contributed by atoms with E-state index in [-0.39, 0.29) is 13.2 Å². The molecular formula is C43H52BrClN4O6. The largest absolute Gasteiger partial charge is 0.494 e. The van der Waals surface area contributed by atoms with Gasteiger partial charge in [0.15, 0.2) is 0 Å². The second-order valence-corrected chi connectivity index (χ2v) is 15.5. The zero-order valence-corrected chi connectivity index (χ0v) is 35.5. The van der Waals surface area contributed by atoms with Crippen molar-refractivity contribution in [2.75, 3.05) is 26.8 Å². The normalized spacial score (nSPS) is 11.5. The minimum absolute atomic E-state index is 0.226. The molecule has 0 unspecified atom stereocenters. The van der Waals surface area contributed by atoms with Crippen LogP contribution in [0.1, 0.15) is 79.1 Å². The lowest BCUT2D eigenvalue weighted by molar-refractivity contribution is 0.0294. The van der Waals surface area contributed by atoms with Crippen molar-refractivity contribution in [3.63, 3.8) is 0 Å². The molecule has 294 valence electrons. The van der Waals surface area contributed by atoms with Crippen molar-refractivity contribution in [3.8, 4) is 22.6 Å². The van der Waals surface area contributed by atoms with E-state index in [0.29, 0.717) is 50.0 Å². The number of benzene rings is 3. The average molecular weight is 836 g/mol. The van der Waals surface area contributed by atoms with E-state index < -0.39 is 17.7 Å². The zero-order valence-electron chi connectivity index (χ0n) is 33.1. The third-order valence-electron chi connectivity index (χ3n) is 9.24. The fourth-order valence-corrected chi connectivity index (χ4v) is 7.52. The summed E-state index contributed by atoms with van der Waals surface area (Å²) in [6, 6.07) is 19.7. The van der Waals surface area contributed by atoms with E-state index in [4.69, 9.17) is 35.6 Å². The predicted molar refractivity (Wildman–Crippen MR) is 222 cm³/mol. The number of aromatic nitrogens is 3. The van der Waals surface area contributed by atoms with E-state index in [2.05, 4.69) is 32.6 Å². The van der Waals surface area contributed by atoms with Gasteiger partial charge in [-0.25, -0.2) is 9.59 Å². The molecule has 0 saturated heterocycles. The van der Waals surface area contributed by atoms with Gasteiger partial charge in [0.2, 0.25) is 0 Å². The van der Waals surface area contributed by atoms with E-state index in [9.17, 15) is 9.59 Å². The number of nitrogens with zero attached hydrogens (tertiary/aromatic N) is 4. The molecule has 10 nitrogen and oxygen atoms in total. The summed E-state index contributed by atoms with van der Waals surface area (Å²) in [5.41, 5.74) is 7.17. The van der Waals surface area contributed by atoms with Gasteiger partial charge < -0.3 is 28.4 Å². The summed E-state index contributed by atoms with van der Waals surface area (Å²) in [4.78, 5) is 28.5. The van der Waals surface area contributed by atoms with Crippen LogP contribution in [0.4, 0.5) is 4.79 Å². The van der Waals surface area contributed by atoms with Gasteiger partial charge in [-0.15, -0.1) is 0 Å². The molecule has 0 spiro atoms. The topological polar surface area (TPSA) is 97.0 Å². The van der Waals surface area contributed by atoms with Crippen molar-refractivity contribution >= 4 is 50.5 Å². The van der Waals surface area contributed by atoms with E-state index in [1.807, 2.05) is 102 Å². The number of aryl methyl sites for hydroxylation is 5. The van der Waals surface area contributed by atoms with Crippen molar-refractivity contribution in [2.45, 2.75) is 84.9 Å². The zero-order chi connectivity index (χ0) is 39.9. The molecule has 0 fully saturated rings. The van der Waals surface area contributed by atoms with Crippen LogP contribution in [-0.4, -0.2) is 63.7 Å². The van der Waals surface area contributed by atoms with Crippen molar-refractivity contribution in [3.05, 3.63) is 99.5 Å². The Labute approximate surface area is 337 Å². The van der Waals surface area contributed by atoms with Crippen molar-refractivity contribution < 1.29 is 28.5 Å². The van der Waals surface area contributed by atoms with Gasteiger partial charge in [0.05, 0.1) is 24.4 Å². The molecule has 0 saturated carbocycles. The Morgan fingerprint density at radius 3 is 2.33 bits per heavy atom. The summed E-state index contributed by atoms with van der Waals surface area (Å²) in [6.07, 6.45) is 1.36. The number of rotatable bonds is 16. The summed E-state index contributed by atoms with van der Waals surface area (Å²) in [5.74, 6) is 1.10. The van der Waals surface area contributed by atoms with Gasteiger partial charge in [-0.1, -0.05) is 63.9 Å².